The standard InChI is InChI=1S/C9H11NO5S/c1-15-8-4-2-3-7(5-8)10-16(13,14)6-9(11)12/h2-5,10H,6H2,1H3,(H,11,12). The van der Waals surface area contributed by atoms with Crippen LogP contribution in [0.5, 0.6) is 5.75 Å². The highest BCUT2D eigenvalue weighted by Crippen LogP contribution is 2.17. The Labute approximate surface area is 92.9 Å². The maximum atomic E-state index is 11.3. The topological polar surface area (TPSA) is 92.7 Å². The van der Waals surface area contributed by atoms with Gasteiger partial charge in [-0.15, -0.1) is 0 Å². The summed E-state index contributed by atoms with van der Waals surface area (Å²) in [7, 11) is -2.41. The van der Waals surface area contributed by atoms with Crippen LogP contribution in [0.3, 0.4) is 0 Å². The first-order chi connectivity index (χ1) is 7.43. The Morgan fingerprint density at radius 1 is 1.50 bits per heavy atom. The Balaban J connectivity index is 2.83. The summed E-state index contributed by atoms with van der Waals surface area (Å²) in [5.74, 6) is -1.89. The molecule has 0 bridgehead atoms. The Kier molecular flexibility index (Phi) is 3.73. The molecular formula is C9H11NO5S. The maximum Gasteiger partial charge on any atom is 0.320 e. The van der Waals surface area contributed by atoms with Gasteiger partial charge in [0.25, 0.3) is 0 Å². The molecular weight excluding hydrogens is 234 g/mol. The van der Waals surface area contributed by atoms with Gasteiger partial charge in [-0.3, -0.25) is 9.52 Å². The number of aliphatic carboxylic acids is 1. The minimum absolute atomic E-state index is 0.264. The van der Waals surface area contributed by atoms with Crippen molar-refractivity contribution in [3.05, 3.63) is 24.3 Å². The zero-order chi connectivity index (χ0) is 12.2. The summed E-state index contributed by atoms with van der Waals surface area (Å²) >= 11 is 0. The lowest BCUT2D eigenvalue weighted by molar-refractivity contribution is -0.134. The van der Waals surface area contributed by atoms with Gasteiger partial charge in [0.05, 0.1) is 12.8 Å². The molecule has 0 radical (unpaired) electrons. The van der Waals surface area contributed by atoms with Gasteiger partial charge < -0.3 is 9.84 Å². The van der Waals surface area contributed by atoms with Crippen LogP contribution in [0.1, 0.15) is 0 Å². The largest absolute Gasteiger partial charge is 0.497 e. The van der Waals surface area contributed by atoms with Gasteiger partial charge >= 0.3 is 5.97 Å². The van der Waals surface area contributed by atoms with Crippen molar-refractivity contribution in [2.24, 2.45) is 0 Å². The highest BCUT2D eigenvalue weighted by atomic mass is 32.2. The average molecular weight is 245 g/mol. The van der Waals surface area contributed by atoms with Gasteiger partial charge in [0.1, 0.15) is 5.75 Å². The predicted molar refractivity (Wildman–Crippen MR) is 58.0 cm³/mol. The van der Waals surface area contributed by atoms with E-state index < -0.39 is 21.7 Å². The van der Waals surface area contributed by atoms with E-state index in [-0.39, 0.29) is 5.69 Å². The smallest absolute Gasteiger partial charge is 0.320 e. The Morgan fingerprint density at radius 3 is 2.75 bits per heavy atom. The number of sulfonamides is 1. The normalized spacial score (nSPS) is 10.8. The van der Waals surface area contributed by atoms with Gasteiger partial charge in [0, 0.05) is 6.07 Å². The minimum atomic E-state index is -3.86. The summed E-state index contributed by atoms with van der Waals surface area (Å²) in [6, 6.07) is 6.20. The van der Waals surface area contributed by atoms with Gasteiger partial charge in [-0.05, 0) is 12.1 Å². The van der Waals surface area contributed by atoms with Gasteiger partial charge in [-0.2, -0.15) is 0 Å². The van der Waals surface area contributed by atoms with Crippen LogP contribution in [0.2, 0.25) is 0 Å². The summed E-state index contributed by atoms with van der Waals surface area (Å²) in [5.41, 5.74) is 0.264. The lowest BCUT2D eigenvalue weighted by Crippen LogP contribution is -2.22. The third kappa shape index (κ3) is 3.77. The van der Waals surface area contributed by atoms with Crippen LogP contribution in [0.25, 0.3) is 0 Å². The molecule has 1 rings (SSSR count). The number of rotatable bonds is 5. The van der Waals surface area contributed by atoms with Crippen molar-refractivity contribution in [3.8, 4) is 5.75 Å². The van der Waals surface area contributed by atoms with Gasteiger partial charge in [0.2, 0.25) is 10.0 Å². The van der Waals surface area contributed by atoms with E-state index in [0.29, 0.717) is 5.75 Å². The minimum Gasteiger partial charge on any atom is -0.497 e. The molecule has 0 fully saturated rings. The summed E-state index contributed by atoms with van der Waals surface area (Å²) in [6.45, 7) is 0. The fourth-order valence-corrected chi connectivity index (χ4v) is 1.95. The first-order valence-electron chi connectivity index (χ1n) is 4.29. The molecule has 7 heteroatoms. The lowest BCUT2D eigenvalue weighted by Gasteiger charge is -2.07. The van der Waals surface area contributed by atoms with E-state index in [9.17, 15) is 13.2 Å². The summed E-state index contributed by atoms with van der Waals surface area (Å²) in [4.78, 5) is 10.3. The van der Waals surface area contributed by atoms with Crippen molar-refractivity contribution in [2.45, 2.75) is 0 Å². The van der Waals surface area contributed by atoms with E-state index in [4.69, 9.17) is 9.84 Å². The molecule has 88 valence electrons. The fraction of sp³-hybridized carbons (Fsp3) is 0.222. The number of hydrogen-bond acceptors (Lipinski definition) is 4. The van der Waals surface area contributed by atoms with Crippen LogP contribution in [-0.4, -0.2) is 32.4 Å². The molecule has 0 heterocycles. The van der Waals surface area contributed by atoms with E-state index in [2.05, 4.69) is 4.72 Å². The van der Waals surface area contributed by atoms with Crippen molar-refractivity contribution < 1.29 is 23.1 Å². The van der Waals surface area contributed by atoms with Crippen LogP contribution in [0, 0.1) is 0 Å². The SMILES string of the molecule is COc1cccc(NS(=O)(=O)CC(=O)O)c1. The number of nitrogens with one attached hydrogen (secondary N) is 1. The highest BCUT2D eigenvalue weighted by Gasteiger charge is 2.15. The molecule has 1 aromatic carbocycles. The van der Waals surface area contributed by atoms with Crippen LogP contribution >= 0.6 is 0 Å². The maximum absolute atomic E-state index is 11.3. The summed E-state index contributed by atoms with van der Waals surface area (Å²) in [6.07, 6.45) is 0. The summed E-state index contributed by atoms with van der Waals surface area (Å²) < 4.78 is 29.6. The molecule has 0 saturated carbocycles. The second-order valence-electron chi connectivity index (χ2n) is 2.99. The van der Waals surface area contributed by atoms with Gasteiger partial charge in [0.15, 0.2) is 5.75 Å². The number of methoxy groups -OCH3 is 1. The molecule has 0 aliphatic carbocycles. The van der Waals surface area contributed by atoms with E-state index in [1.807, 2.05) is 0 Å². The number of carboxylic acid groups (broad SMARTS) is 1. The van der Waals surface area contributed by atoms with E-state index in [0.717, 1.165) is 0 Å². The third-order valence-corrected chi connectivity index (χ3v) is 2.83. The molecule has 0 aromatic heterocycles. The number of hydrogen-bond donors (Lipinski definition) is 2. The monoisotopic (exact) mass is 245 g/mol. The van der Waals surface area contributed by atoms with Crippen LogP contribution < -0.4 is 9.46 Å². The average Bonchev–Trinajstić information content (AvgIpc) is 2.15. The van der Waals surface area contributed by atoms with Crippen LogP contribution in [0.15, 0.2) is 24.3 Å². The molecule has 0 amide bonds. The zero-order valence-corrected chi connectivity index (χ0v) is 9.32. The first-order valence-corrected chi connectivity index (χ1v) is 5.94. The third-order valence-electron chi connectivity index (χ3n) is 1.66. The zero-order valence-electron chi connectivity index (χ0n) is 8.50. The molecule has 16 heavy (non-hydrogen) atoms. The van der Waals surface area contributed by atoms with Crippen LogP contribution in [-0.2, 0) is 14.8 Å². The van der Waals surface area contributed by atoms with Crippen molar-refractivity contribution in [1.82, 2.24) is 0 Å². The number of ether oxygens (including phenoxy) is 1. The van der Waals surface area contributed by atoms with Crippen molar-refractivity contribution in [1.29, 1.82) is 0 Å². The molecule has 0 aliphatic rings. The van der Waals surface area contributed by atoms with Crippen molar-refractivity contribution in [3.63, 3.8) is 0 Å². The van der Waals surface area contributed by atoms with Gasteiger partial charge in [-0.1, -0.05) is 6.07 Å². The second-order valence-corrected chi connectivity index (χ2v) is 4.71. The number of anilines is 1. The molecule has 2 N–H and O–H groups in total. The predicted octanol–water partition coefficient (Wildman–Crippen LogP) is 0.521. The Morgan fingerprint density at radius 2 is 2.19 bits per heavy atom. The van der Waals surface area contributed by atoms with Crippen molar-refractivity contribution in [2.75, 3.05) is 17.6 Å². The van der Waals surface area contributed by atoms with Crippen LogP contribution in [0.4, 0.5) is 5.69 Å². The molecule has 6 nitrogen and oxygen atoms in total. The Hall–Kier alpha value is -1.76. The molecule has 0 atom stereocenters. The van der Waals surface area contributed by atoms with E-state index in [1.165, 1.54) is 19.2 Å². The Bertz CT molecular complexity index is 482. The first kappa shape index (κ1) is 12.3. The molecule has 0 aliphatic heterocycles. The number of carboxylic acids is 1. The molecule has 0 saturated heterocycles. The van der Waals surface area contributed by atoms with Crippen molar-refractivity contribution >= 4 is 21.7 Å². The quantitative estimate of drug-likeness (QED) is 0.789. The molecule has 0 unspecified atom stereocenters. The lowest BCUT2D eigenvalue weighted by atomic mass is 10.3. The molecule has 1 aromatic rings. The fourth-order valence-electron chi connectivity index (χ4n) is 1.06. The van der Waals surface area contributed by atoms with Gasteiger partial charge in [-0.25, -0.2) is 8.42 Å². The summed E-state index contributed by atoms with van der Waals surface area (Å²) in [5, 5.41) is 8.38. The number of benzene rings is 1. The highest BCUT2D eigenvalue weighted by molar-refractivity contribution is 7.93. The van der Waals surface area contributed by atoms with E-state index in [1.54, 1.807) is 12.1 Å². The molecule has 0 spiro atoms. The second kappa shape index (κ2) is 4.84. The number of carbonyl (C=O) groups is 1. The van der Waals surface area contributed by atoms with E-state index >= 15 is 0 Å².